The number of nitrogens with two attached hydrogens (primary N) is 1. The van der Waals surface area contributed by atoms with E-state index in [1.165, 1.54) is 11.3 Å². The van der Waals surface area contributed by atoms with Crippen LogP contribution in [-0.2, 0) is 0 Å². The van der Waals surface area contributed by atoms with Gasteiger partial charge in [-0.25, -0.2) is 0 Å². The first-order valence-corrected chi connectivity index (χ1v) is 8.34. The topological polar surface area (TPSA) is 29.3 Å². The van der Waals surface area contributed by atoms with E-state index in [4.69, 9.17) is 17.3 Å². The fourth-order valence-corrected chi connectivity index (χ4v) is 3.82. The predicted octanol–water partition coefficient (Wildman–Crippen LogP) is 3.54. The number of halogens is 2. The van der Waals surface area contributed by atoms with Crippen LogP contribution in [0.1, 0.15) is 18.5 Å². The van der Waals surface area contributed by atoms with Crippen LogP contribution in [0.5, 0.6) is 0 Å². The van der Waals surface area contributed by atoms with Gasteiger partial charge in [-0.05, 0) is 33.6 Å². The second kappa shape index (κ2) is 6.62. The van der Waals surface area contributed by atoms with Gasteiger partial charge in [-0.15, -0.1) is 0 Å². The Kier molecular flexibility index (Phi) is 5.39. The molecule has 0 amide bonds. The summed E-state index contributed by atoms with van der Waals surface area (Å²) in [5, 5.41) is 1.43. The van der Waals surface area contributed by atoms with Gasteiger partial charge in [0.25, 0.3) is 0 Å². The van der Waals surface area contributed by atoms with Crippen LogP contribution in [0.4, 0.5) is 0 Å². The van der Waals surface area contributed by atoms with Crippen LogP contribution in [0, 0.1) is 0 Å². The van der Waals surface area contributed by atoms with E-state index in [1.54, 1.807) is 0 Å². The lowest BCUT2D eigenvalue weighted by molar-refractivity contribution is 0.211. The van der Waals surface area contributed by atoms with Crippen molar-refractivity contribution in [3.63, 3.8) is 0 Å². The van der Waals surface area contributed by atoms with Crippen molar-refractivity contribution in [1.82, 2.24) is 4.90 Å². The molecule has 1 aromatic carbocycles. The van der Waals surface area contributed by atoms with Gasteiger partial charge >= 0.3 is 0 Å². The van der Waals surface area contributed by atoms with Gasteiger partial charge in [-0.3, -0.25) is 4.90 Å². The third-order valence-corrected chi connectivity index (χ3v) is 5.63. The van der Waals surface area contributed by atoms with Gasteiger partial charge < -0.3 is 5.73 Å². The summed E-state index contributed by atoms with van der Waals surface area (Å²) in [6, 6.07) is 6.41. The maximum atomic E-state index is 6.17. The summed E-state index contributed by atoms with van der Waals surface area (Å²) in [5.41, 5.74) is 7.18. The number of benzene rings is 1. The van der Waals surface area contributed by atoms with Crippen LogP contribution in [0.3, 0.4) is 0 Å². The largest absolute Gasteiger partial charge is 0.329 e. The number of hydrogen-bond acceptors (Lipinski definition) is 3. The fraction of sp³-hybridized carbons (Fsp3) is 0.538. The normalized spacial score (nSPS) is 23.0. The monoisotopic (exact) mass is 348 g/mol. The van der Waals surface area contributed by atoms with Crippen LogP contribution in [0.2, 0.25) is 5.02 Å². The van der Waals surface area contributed by atoms with Crippen molar-refractivity contribution in [2.24, 2.45) is 5.73 Å². The van der Waals surface area contributed by atoms with Gasteiger partial charge in [-0.1, -0.05) is 24.6 Å². The van der Waals surface area contributed by atoms with E-state index >= 15 is 0 Å². The molecule has 2 atom stereocenters. The molecular weight excluding hydrogens is 332 g/mol. The SMILES string of the molecule is CC1CN(C(CN)c2ccc(Br)c(Cl)c2)CCS1. The first-order valence-electron chi connectivity index (χ1n) is 6.12. The number of hydrogen-bond donors (Lipinski definition) is 1. The Morgan fingerprint density at radius 2 is 2.39 bits per heavy atom. The lowest BCUT2D eigenvalue weighted by Crippen LogP contribution is -2.42. The van der Waals surface area contributed by atoms with Crippen molar-refractivity contribution in [1.29, 1.82) is 0 Å². The molecule has 1 fully saturated rings. The van der Waals surface area contributed by atoms with E-state index in [0.717, 1.165) is 22.6 Å². The van der Waals surface area contributed by atoms with Crippen molar-refractivity contribution < 1.29 is 0 Å². The van der Waals surface area contributed by atoms with Crippen LogP contribution in [-0.4, -0.2) is 35.5 Å². The Labute approximate surface area is 126 Å². The summed E-state index contributed by atoms with van der Waals surface area (Å²) in [7, 11) is 0. The van der Waals surface area contributed by atoms with Crippen molar-refractivity contribution in [2.45, 2.75) is 18.2 Å². The minimum absolute atomic E-state index is 0.277. The van der Waals surface area contributed by atoms with Crippen molar-refractivity contribution in [3.8, 4) is 0 Å². The van der Waals surface area contributed by atoms with Gasteiger partial charge in [0.05, 0.1) is 5.02 Å². The first-order chi connectivity index (χ1) is 8.61. The summed E-state index contributed by atoms with van der Waals surface area (Å²) < 4.78 is 0.936. The molecular formula is C13H18BrClN2S. The van der Waals surface area contributed by atoms with Gasteiger partial charge in [-0.2, -0.15) is 11.8 Å². The zero-order chi connectivity index (χ0) is 13.1. The minimum Gasteiger partial charge on any atom is -0.329 e. The molecule has 0 saturated carbocycles. The molecule has 1 aliphatic heterocycles. The van der Waals surface area contributed by atoms with E-state index in [9.17, 15) is 0 Å². The number of rotatable bonds is 3. The standard InChI is InChI=1S/C13H18BrClN2S/c1-9-8-17(4-5-18-9)13(7-16)10-2-3-11(14)12(15)6-10/h2-3,6,9,13H,4-5,7-8,16H2,1H3. The van der Waals surface area contributed by atoms with E-state index in [2.05, 4.69) is 33.8 Å². The molecule has 2 unspecified atom stereocenters. The Morgan fingerprint density at radius 3 is 3.00 bits per heavy atom. The average Bonchev–Trinajstić information content (AvgIpc) is 2.35. The van der Waals surface area contributed by atoms with Gasteiger partial charge in [0.2, 0.25) is 0 Å². The number of thioether (sulfide) groups is 1. The molecule has 1 aromatic rings. The Balaban J connectivity index is 2.18. The third-order valence-electron chi connectivity index (χ3n) is 3.26. The third kappa shape index (κ3) is 3.42. The van der Waals surface area contributed by atoms with Crippen LogP contribution in [0.25, 0.3) is 0 Å². The molecule has 0 aromatic heterocycles. The quantitative estimate of drug-likeness (QED) is 0.905. The number of nitrogens with zero attached hydrogens (tertiary/aromatic N) is 1. The molecule has 2 N–H and O–H groups in total. The lowest BCUT2D eigenvalue weighted by Gasteiger charge is -2.36. The predicted molar refractivity (Wildman–Crippen MR) is 84.4 cm³/mol. The zero-order valence-corrected chi connectivity index (χ0v) is 13.6. The molecule has 0 spiro atoms. The highest BCUT2D eigenvalue weighted by Gasteiger charge is 2.24. The molecule has 2 rings (SSSR count). The summed E-state index contributed by atoms with van der Waals surface area (Å²) in [5.74, 6) is 1.18. The van der Waals surface area contributed by atoms with E-state index in [-0.39, 0.29) is 6.04 Å². The van der Waals surface area contributed by atoms with E-state index < -0.39 is 0 Å². The molecule has 100 valence electrons. The van der Waals surface area contributed by atoms with Gasteiger partial charge in [0.15, 0.2) is 0 Å². The Hall–Kier alpha value is 0.260. The maximum absolute atomic E-state index is 6.17. The van der Waals surface area contributed by atoms with Crippen LogP contribution < -0.4 is 5.73 Å². The summed E-state index contributed by atoms with van der Waals surface area (Å²) in [6.07, 6.45) is 0. The van der Waals surface area contributed by atoms with Crippen molar-refractivity contribution >= 4 is 39.3 Å². The van der Waals surface area contributed by atoms with Gasteiger partial charge in [0, 0.05) is 41.2 Å². The highest BCUT2D eigenvalue weighted by atomic mass is 79.9. The molecule has 0 bridgehead atoms. The Bertz CT molecular complexity index is 416. The van der Waals surface area contributed by atoms with Crippen LogP contribution >= 0.6 is 39.3 Å². The Morgan fingerprint density at radius 1 is 1.61 bits per heavy atom. The lowest BCUT2D eigenvalue weighted by atomic mass is 10.0. The smallest absolute Gasteiger partial charge is 0.0551 e. The summed E-state index contributed by atoms with van der Waals surface area (Å²) in [4.78, 5) is 2.47. The van der Waals surface area contributed by atoms with Crippen molar-refractivity contribution in [2.75, 3.05) is 25.4 Å². The molecule has 2 nitrogen and oxygen atoms in total. The van der Waals surface area contributed by atoms with Crippen molar-refractivity contribution in [3.05, 3.63) is 33.3 Å². The molecule has 0 radical (unpaired) electrons. The highest BCUT2D eigenvalue weighted by Crippen LogP contribution is 2.30. The fourth-order valence-electron chi connectivity index (χ4n) is 2.34. The summed E-state index contributed by atoms with van der Waals surface area (Å²) in [6.45, 7) is 5.11. The molecule has 18 heavy (non-hydrogen) atoms. The molecule has 1 heterocycles. The molecule has 0 aliphatic carbocycles. The molecule has 5 heteroatoms. The average molecular weight is 350 g/mol. The van der Waals surface area contributed by atoms with Crippen LogP contribution in [0.15, 0.2) is 22.7 Å². The second-order valence-electron chi connectivity index (χ2n) is 4.60. The summed E-state index contributed by atoms with van der Waals surface area (Å²) >= 11 is 11.6. The maximum Gasteiger partial charge on any atom is 0.0551 e. The molecule has 1 aliphatic rings. The van der Waals surface area contributed by atoms with E-state index in [1.807, 2.05) is 23.9 Å². The second-order valence-corrected chi connectivity index (χ2v) is 7.41. The zero-order valence-electron chi connectivity index (χ0n) is 10.4. The van der Waals surface area contributed by atoms with Gasteiger partial charge in [0.1, 0.15) is 0 Å². The molecule has 1 saturated heterocycles. The first kappa shape index (κ1) is 14.7. The highest BCUT2D eigenvalue weighted by molar-refractivity contribution is 9.10. The minimum atomic E-state index is 0.277. The van der Waals surface area contributed by atoms with E-state index in [0.29, 0.717) is 11.8 Å².